The van der Waals surface area contributed by atoms with Crippen LogP contribution >= 0.6 is 23.4 Å². The number of hydrogen-bond acceptors (Lipinski definition) is 5. The lowest BCUT2D eigenvalue weighted by Crippen LogP contribution is -2.24. The van der Waals surface area contributed by atoms with E-state index >= 15 is 0 Å². The number of carbonyl (C=O) groups is 1. The van der Waals surface area contributed by atoms with Gasteiger partial charge in [0.1, 0.15) is 5.03 Å². The summed E-state index contributed by atoms with van der Waals surface area (Å²) in [5, 5.41) is 15.0. The number of halogens is 1. The van der Waals surface area contributed by atoms with Crippen LogP contribution in [0.5, 0.6) is 5.88 Å². The molecule has 7 nitrogen and oxygen atoms in total. The van der Waals surface area contributed by atoms with Gasteiger partial charge in [-0.2, -0.15) is 5.10 Å². The Balaban J connectivity index is 2.00. The molecule has 1 amide bonds. The Kier molecular flexibility index (Phi) is 5.88. The summed E-state index contributed by atoms with van der Waals surface area (Å²) >= 11 is 7.80. The molecule has 3 aromatic rings. The van der Waals surface area contributed by atoms with E-state index in [1.165, 1.54) is 23.7 Å². The summed E-state index contributed by atoms with van der Waals surface area (Å²) in [6.45, 7) is 0.167. The largest absolute Gasteiger partial charge is 0.481 e. The minimum absolute atomic E-state index is 0.167. The minimum atomic E-state index is -1.02. The number of pyridine rings is 1. The Bertz CT molecular complexity index is 963. The Labute approximate surface area is 165 Å². The van der Waals surface area contributed by atoms with Crippen molar-refractivity contribution >= 4 is 29.5 Å². The standard InChI is InChI=1S/C18H17ClN4O3S/c1-22(18(24)25)11-12-9-17(27-13-7-8-20-16(10-13)26-2)23(21-12)15-6-4-3-5-14(15)19/h3-10H,11H2,1-2H3,(H,24,25). The van der Waals surface area contributed by atoms with Crippen LogP contribution in [-0.2, 0) is 6.54 Å². The molecule has 1 N–H and O–H groups in total. The van der Waals surface area contributed by atoms with E-state index < -0.39 is 6.09 Å². The average Bonchev–Trinajstić information content (AvgIpc) is 3.04. The van der Waals surface area contributed by atoms with Crippen molar-refractivity contribution in [2.75, 3.05) is 14.2 Å². The second kappa shape index (κ2) is 8.32. The summed E-state index contributed by atoms with van der Waals surface area (Å²) in [5.41, 5.74) is 1.33. The highest BCUT2D eigenvalue weighted by Crippen LogP contribution is 2.33. The second-order valence-electron chi connectivity index (χ2n) is 5.61. The van der Waals surface area contributed by atoms with Gasteiger partial charge >= 0.3 is 6.09 Å². The molecule has 1 aromatic carbocycles. The van der Waals surface area contributed by atoms with Crippen molar-refractivity contribution in [1.82, 2.24) is 19.7 Å². The van der Waals surface area contributed by atoms with E-state index in [4.69, 9.17) is 21.4 Å². The molecule has 0 fully saturated rings. The van der Waals surface area contributed by atoms with Crippen LogP contribution in [0.4, 0.5) is 4.79 Å². The van der Waals surface area contributed by atoms with Gasteiger partial charge in [-0.3, -0.25) is 0 Å². The lowest BCUT2D eigenvalue weighted by molar-refractivity contribution is 0.153. The zero-order chi connectivity index (χ0) is 19.4. The topological polar surface area (TPSA) is 80.5 Å². The number of amides is 1. The molecule has 0 radical (unpaired) electrons. The predicted octanol–water partition coefficient (Wildman–Crippen LogP) is 4.19. The molecule has 2 aromatic heterocycles. The predicted molar refractivity (Wildman–Crippen MR) is 103 cm³/mol. The fourth-order valence-corrected chi connectivity index (χ4v) is 3.52. The number of para-hydroxylation sites is 1. The van der Waals surface area contributed by atoms with Crippen molar-refractivity contribution in [1.29, 1.82) is 0 Å². The maximum absolute atomic E-state index is 11.1. The van der Waals surface area contributed by atoms with Gasteiger partial charge in [0.2, 0.25) is 5.88 Å². The van der Waals surface area contributed by atoms with Crippen LogP contribution in [-0.4, -0.2) is 45.0 Å². The molecule has 0 bridgehead atoms. The van der Waals surface area contributed by atoms with E-state index in [2.05, 4.69) is 10.1 Å². The van der Waals surface area contributed by atoms with Crippen LogP contribution in [0.1, 0.15) is 5.69 Å². The van der Waals surface area contributed by atoms with E-state index in [0.717, 1.165) is 9.92 Å². The smallest absolute Gasteiger partial charge is 0.407 e. The van der Waals surface area contributed by atoms with Gasteiger partial charge in [0.25, 0.3) is 0 Å². The summed E-state index contributed by atoms with van der Waals surface area (Å²) < 4.78 is 6.88. The Morgan fingerprint density at radius 1 is 1.33 bits per heavy atom. The first-order valence-corrected chi connectivity index (χ1v) is 9.13. The SMILES string of the molecule is COc1cc(Sc2cc(CN(C)C(=O)O)nn2-c2ccccc2Cl)ccn1. The first kappa shape index (κ1) is 19.1. The summed E-state index contributed by atoms with van der Waals surface area (Å²) in [6.07, 6.45) is 0.645. The van der Waals surface area contributed by atoms with Crippen molar-refractivity contribution in [2.24, 2.45) is 0 Å². The molecule has 27 heavy (non-hydrogen) atoms. The molecule has 3 rings (SSSR count). The lowest BCUT2D eigenvalue weighted by Gasteiger charge is -2.10. The fraction of sp³-hybridized carbons (Fsp3) is 0.167. The lowest BCUT2D eigenvalue weighted by atomic mass is 10.3. The monoisotopic (exact) mass is 404 g/mol. The summed E-state index contributed by atoms with van der Waals surface area (Å²) in [7, 11) is 3.06. The number of rotatable bonds is 6. The van der Waals surface area contributed by atoms with Crippen LogP contribution in [0, 0.1) is 0 Å². The molecule has 0 saturated carbocycles. The molecule has 0 spiro atoms. The number of ether oxygens (including phenoxy) is 1. The Hall–Kier alpha value is -2.71. The number of methoxy groups -OCH3 is 1. The van der Waals surface area contributed by atoms with Crippen molar-refractivity contribution in [2.45, 2.75) is 16.5 Å². The average molecular weight is 405 g/mol. The van der Waals surface area contributed by atoms with Crippen molar-refractivity contribution in [3.05, 3.63) is 59.4 Å². The minimum Gasteiger partial charge on any atom is -0.481 e. The van der Waals surface area contributed by atoms with Crippen molar-refractivity contribution < 1.29 is 14.6 Å². The zero-order valence-electron chi connectivity index (χ0n) is 14.7. The maximum Gasteiger partial charge on any atom is 0.407 e. The quantitative estimate of drug-likeness (QED) is 0.663. The number of carboxylic acid groups (broad SMARTS) is 1. The van der Waals surface area contributed by atoms with Gasteiger partial charge in [0.05, 0.1) is 30.1 Å². The summed E-state index contributed by atoms with van der Waals surface area (Å²) in [5.74, 6) is 0.509. The number of hydrogen-bond donors (Lipinski definition) is 1. The number of benzene rings is 1. The normalized spacial score (nSPS) is 10.6. The maximum atomic E-state index is 11.1. The third-order valence-electron chi connectivity index (χ3n) is 3.67. The fourth-order valence-electron chi connectivity index (χ4n) is 2.35. The Morgan fingerprint density at radius 2 is 2.11 bits per heavy atom. The zero-order valence-corrected chi connectivity index (χ0v) is 16.2. The van der Waals surface area contributed by atoms with Crippen LogP contribution in [0.15, 0.2) is 58.6 Å². The summed E-state index contributed by atoms with van der Waals surface area (Å²) in [6, 6.07) is 12.9. The third kappa shape index (κ3) is 4.53. The molecule has 0 saturated heterocycles. The van der Waals surface area contributed by atoms with Crippen LogP contribution in [0.25, 0.3) is 5.69 Å². The summed E-state index contributed by atoms with van der Waals surface area (Å²) in [4.78, 5) is 17.3. The van der Waals surface area contributed by atoms with Gasteiger partial charge in [-0.25, -0.2) is 14.5 Å². The van der Waals surface area contributed by atoms with Gasteiger partial charge in [-0.05, 0) is 24.3 Å². The van der Waals surface area contributed by atoms with Crippen molar-refractivity contribution in [3.63, 3.8) is 0 Å². The molecular formula is C18H17ClN4O3S. The van der Waals surface area contributed by atoms with Crippen LogP contribution < -0.4 is 4.74 Å². The highest BCUT2D eigenvalue weighted by atomic mass is 35.5. The number of nitrogens with zero attached hydrogens (tertiary/aromatic N) is 4. The molecule has 0 aliphatic carbocycles. The van der Waals surface area contributed by atoms with Gasteiger partial charge in [-0.15, -0.1) is 0 Å². The highest BCUT2D eigenvalue weighted by Gasteiger charge is 2.16. The molecule has 2 heterocycles. The van der Waals surface area contributed by atoms with E-state index in [0.29, 0.717) is 22.3 Å². The van der Waals surface area contributed by atoms with Crippen molar-refractivity contribution in [3.8, 4) is 11.6 Å². The Morgan fingerprint density at radius 3 is 2.81 bits per heavy atom. The molecule has 0 aliphatic heterocycles. The molecule has 9 heteroatoms. The molecule has 0 aliphatic rings. The molecule has 0 atom stereocenters. The van der Waals surface area contributed by atoms with Gasteiger partial charge < -0.3 is 14.7 Å². The van der Waals surface area contributed by atoms with E-state index in [9.17, 15) is 4.79 Å². The van der Waals surface area contributed by atoms with Gasteiger partial charge in [0.15, 0.2) is 0 Å². The number of aromatic nitrogens is 3. The molecule has 0 unspecified atom stereocenters. The first-order valence-electron chi connectivity index (χ1n) is 7.93. The van der Waals surface area contributed by atoms with Crippen LogP contribution in [0.3, 0.4) is 0 Å². The highest BCUT2D eigenvalue weighted by molar-refractivity contribution is 7.99. The van der Waals surface area contributed by atoms with Crippen LogP contribution in [0.2, 0.25) is 5.02 Å². The second-order valence-corrected chi connectivity index (χ2v) is 7.11. The van der Waals surface area contributed by atoms with E-state index in [1.54, 1.807) is 24.1 Å². The van der Waals surface area contributed by atoms with E-state index in [1.807, 2.05) is 36.4 Å². The molecular weight excluding hydrogens is 388 g/mol. The third-order valence-corrected chi connectivity index (χ3v) is 4.98. The first-order chi connectivity index (χ1) is 13.0. The van der Waals surface area contributed by atoms with Gasteiger partial charge in [-0.1, -0.05) is 35.5 Å². The molecule has 140 valence electrons. The van der Waals surface area contributed by atoms with E-state index in [-0.39, 0.29) is 6.54 Å². The van der Waals surface area contributed by atoms with Gasteiger partial charge in [0, 0.05) is 24.2 Å².